The van der Waals surface area contributed by atoms with Crippen molar-refractivity contribution in [2.75, 3.05) is 11.9 Å². The van der Waals surface area contributed by atoms with Crippen LogP contribution in [0.2, 0.25) is 0 Å². The third-order valence-corrected chi connectivity index (χ3v) is 4.69. The van der Waals surface area contributed by atoms with Gasteiger partial charge in [-0.05, 0) is 61.6 Å². The van der Waals surface area contributed by atoms with Gasteiger partial charge in [0.25, 0.3) is 0 Å². The molecule has 1 aromatic carbocycles. The van der Waals surface area contributed by atoms with E-state index in [-0.39, 0.29) is 0 Å². The van der Waals surface area contributed by atoms with Crippen LogP contribution in [0.15, 0.2) is 22.7 Å². The molecule has 0 atom stereocenters. The number of carboxylic acid groups (broad SMARTS) is 1. The van der Waals surface area contributed by atoms with E-state index < -0.39 is 5.97 Å². The van der Waals surface area contributed by atoms with Crippen molar-refractivity contribution in [3.8, 4) is 0 Å². The van der Waals surface area contributed by atoms with E-state index in [0.717, 1.165) is 34.5 Å². The number of aromatic carboxylic acids is 1. The number of carboxylic acids is 1. The van der Waals surface area contributed by atoms with Gasteiger partial charge >= 0.3 is 5.97 Å². The van der Waals surface area contributed by atoms with Crippen molar-refractivity contribution >= 4 is 27.6 Å². The van der Waals surface area contributed by atoms with Crippen LogP contribution < -0.4 is 5.32 Å². The molecule has 2 N–H and O–H groups in total. The molecule has 3 nitrogen and oxygen atoms in total. The van der Waals surface area contributed by atoms with Crippen LogP contribution >= 0.6 is 15.9 Å². The SMILES string of the molecule is O=C(O)c1ccc(Br)cc1NCC(C1CC1)C1CC1. The van der Waals surface area contributed by atoms with E-state index in [1.807, 2.05) is 6.07 Å². The van der Waals surface area contributed by atoms with Crippen molar-refractivity contribution in [1.82, 2.24) is 0 Å². The van der Waals surface area contributed by atoms with Crippen LogP contribution in [0, 0.1) is 17.8 Å². The lowest BCUT2D eigenvalue weighted by atomic mass is 9.97. The largest absolute Gasteiger partial charge is 0.478 e. The first-order chi connectivity index (χ1) is 9.15. The molecule has 0 aliphatic heterocycles. The lowest BCUT2D eigenvalue weighted by Gasteiger charge is -2.18. The van der Waals surface area contributed by atoms with Gasteiger partial charge in [0.05, 0.1) is 5.56 Å². The molecule has 0 bridgehead atoms. The second-order valence-corrected chi connectivity index (χ2v) is 6.63. The number of rotatable bonds is 6. The Morgan fingerprint density at radius 3 is 2.47 bits per heavy atom. The molecule has 2 aliphatic rings. The average molecular weight is 324 g/mol. The van der Waals surface area contributed by atoms with Crippen LogP contribution in [0.1, 0.15) is 36.0 Å². The summed E-state index contributed by atoms with van der Waals surface area (Å²) in [6, 6.07) is 5.28. The van der Waals surface area contributed by atoms with Gasteiger partial charge in [-0.25, -0.2) is 4.79 Å². The minimum absolute atomic E-state index is 0.355. The molecule has 0 heterocycles. The average Bonchev–Trinajstić information content (AvgIpc) is 3.24. The van der Waals surface area contributed by atoms with Crippen LogP contribution in [-0.4, -0.2) is 17.6 Å². The van der Waals surface area contributed by atoms with Gasteiger partial charge < -0.3 is 10.4 Å². The molecule has 102 valence electrons. The van der Waals surface area contributed by atoms with Crippen molar-refractivity contribution in [1.29, 1.82) is 0 Å². The summed E-state index contributed by atoms with van der Waals surface area (Å²) in [4.78, 5) is 11.2. The molecule has 0 aromatic heterocycles. The normalized spacial score (nSPS) is 18.6. The molecule has 0 amide bonds. The van der Waals surface area contributed by atoms with Crippen LogP contribution in [0.25, 0.3) is 0 Å². The molecule has 1 aromatic rings. The Hall–Kier alpha value is -1.03. The lowest BCUT2D eigenvalue weighted by Crippen LogP contribution is -2.19. The van der Waals surface area contributed by atoms with Crippen LogP contribution in [-0.2, 0) is 0 Å². The molecule has 4 heteroatoms. The Morgan fingerprint density at radius 2 is 1.95 bits per heavy atom. The molecule has 0 unspecified atom stereocenters. The maximum Gasteiger partial charge on any atom is 0.337 e. The first kappa shape index (κ1) is 13.0. The number of anilines is 1. The van der Waals surface area contributed by atoms with Gasteiger partial charge in [0.15, 0.2) is 0 Å². The maximum absolute atomic E-state index is 11.2. The third kappa shape index (κ3) is 3.11. The zero-order chi connectivity index (χ0) is 13.4. The Kier molecular flexibility index (Phi) is 3.52. The quantitative estimate of drug-likeness (QED) is 0.832. The number of hydrogen-bond acceptors (Lipinski definition) is 2. The minimum atomic E-state index is -0.871. The second-order valence-electron chi connectivity index (χ2n) is 5.71. The van der Waals surface area contributed by atoms with Crippen molar-refractivity contribution < 1.29 is 9.90 Å². The number of carbonyl (C=O) groups is 1. The molecule has 19 heavy (non-hydrogen) atoms. The molecule has 2 fully saturated rings. The number of benzene rings is 1. The summed E-state index contributed by atoms with van der Waals surface area (Å²) in [6.07, 6.45) is 5.42. The predicted octanol–water partition coefficient (Wildman–Crippen LogP) is 4.00. The summed E-state index contributed by atoms with van der Waals surface area (Å²) in [5.41, 5.74) is 1.08. The predicted molar refractivity (Wildman–Crippen MR) is 78.5 cm³/mol. The Labute approximate surface area is 121 Å². The Balaban J connectivity index is 1.71. The van der Waals surface area contributed by atoms with E-state index in [2.05, 4.69) is 21.2 Å². The van der Waals surface area contributed by atoms with Gasteiger partial charge in [-0.2, -0.15) is 0 Å². The van der Waals surface area contributed by atoms with Crippen molar-refractivity contribution in [3.63, 3.8) is 0 Å². The monoisotopic (exact) mass is 323 g/mol. The van der Waals surface area contributed by atoms with E-state index in [1.165, 1.54) is 25.7 Å². The van der Waals surface area contributed by atoms with Gasteiger partial charge in [-0.1, -0.05) is 15.9 Å². The first-order valence-corrected chi connectivity index (χ1v) is 7.71. The lowest BCUT2D eigenvalue weighted by molar-refractivity contribution is 0.0698. The van der Waals surface area contributed by atoms with Crippen molar-refractivity contribution in [2.45, 2.75) is 25.7 Å². The summed E-state index contributed by atoms with van der Waals surface area (Å²) in [5, 5.41) is 12.6. The smallest absolute Gasteiger partial charge is 0.337 e. The molecule has 0 saturated heterocycles. The fraction of sp³-hybridized carbons (Fsp3) is 0.533. The third-order valence-electron chi connectivity index (χ3n) is 4.20. The fourth-order valence-electron chi connectivity index (χ4n) is 2.84. The highest BCUT2D eigenvalue weighted by atomic mass is 79.9. The zero-order valence-corrected chi connectivity index (χ0v) is 12.3. The number of hydrogen-bond donors (Lipinski definition) is 2. The van der Waals surface area contributed by atoms with Gasteiger partial charge in [0.1, 0.15) is 0 Å². The van der Waals surface area contributed by atoms with E-state index in [0.29, 0.717) is 5.56 Å². The zero-order valence-electron chi connectivity index (χ0n) is 10.7. The highest BCUT2D eigenvalue weighted by molar-refractivity contribution is 9.10. The molecular formula is C15H18BrNO2. The highest BCUT2D eigenvalue weighted by Gasteiger charge is 2.41. The standard InChI is InChI=1S/C15H18BrNO2/c16-11-5-6-12(15(18)19)14(7-11)17-8-13(9-1-2-9)10-3-4-10/h5-7,9-10,13,17H,1-4,8H2,(H,18,19). The van der Waals surface area contributed by atoms with Crippen LogP contribution in [0.5, 0.6) is 0 Å². The Bertz CT molecular complexity index is 483. The van der Waals surface area contributed by atoms with E-state index >= 15 is 0 Å². The van der Waals surface area contributed by atoms with E-state index in [9.17, 15) is 9.90 Å². The molecule has 3 rings (SSSR count). The van der Waals surface area contributed by atoms with Gasteiger partial charge in [0.2, 0.25) is 0 Å². The molecule has 0 spiro atoms. The number of halogens is 1. The highest BCUT2D eigenvalue weighted by Crippen LogP contribution is 2.49. The van der Waals surface area contributed by atoms with E-state index in [4.69, 9.17) is 0 Å². The first-order valence-electron chi connectivity index (χ1n) is 6.92. The van der Waals surface area contributed by atoms with Crippen molar-refractivity contribution in [3.05, 3.63) is 28.2 Å². The second kappa shape index (κ2) is 5.16. The van der Waals surface area contributed by atoms with Gasteiger partial charge in [0, 0.05) is 16.7 Å². The van der Waals surface area contributed by atoms with Crippen molar-refractivity contribution in [2.24, 2.45) is 17.8 Å². The molecule has 0 radical (unpaired) electrons. The topological polar surface area (TPSA) is 49.3 Å². The summed E-state index contributed by atoms with van der Waals surface area (Å²) in [6.45, 7) is 0.909. The Morgan fingerprint density at radius 1 is 1.32 bits per heavy atom. The van der Waals surface area contributed by atoms with Gasteiger partial charge in [-0.15, -0.1) is 0 Å². The molecular weight excluding hydrogens is 306 g/mol. The molecule has 2 saturated carbocycles. The molecule has 2 aliphatic carbocycles. The van der Waals surface area contributed by atoms with E-state index in [1.54, 1.807) is 12.1 Å². The van der Waals surface area contributed by atoms with Crippen LogP contribution in [0.3, 0.4) is 0 Å². The number of nitrogens with one attached hydrogen (secondary N) is 1. The maximum atomic E-state index is 11.2. The van der Waals surface area contributed by atoms with Gasteiger partial charge in [-0.3, -0.25) is 0 Å². The minimum Gasteiger partial charge on any atom is -0.478 e. The summed E-state index contributed by atoms with van der Waals surface area (Å²) in [7, 11) is 0. The summed E-state index contributed by atoms with van der Waals surface area (Å²) < 4.78 is 0.911. The summed E-state index contributed by atoms with van der Waals surface area (Å²) >= 11 is 3.40. The van der Waals surface area contributed by atoms with Crippen LogP contribution in [0.4, 0.5) is 5.69 Å². The summed E-state index contributed by atoms with van der Waals surface area (Å²) in [5.74, 6) is 1.62. The fourth-order valence-corrected chi connectivity index (χ4v) is 3.21.